The first-order valence-corrected chi connectivity index (χ1v) is 8.46. The van der Waals surface area contributed by atoms with E-state index >= 15 is 0 Å². The van der Waals surface area contributed by atoms with Crippen LogP contribution >= 0.6 is 15.9 Å². The summed E-state index contributed by atoms with van der Waals surface area (Å²) in [6.07, 6.45) is 1.57. The van der Waals surface area contributed by atoms with Crippen LogP contribution in [0.3, 0.4) is 0 Å². The zero-order chi connectivity index (χ0) is 18.7. The average Bonchev–Trinajstić information content (AvgIpc) is 2.67. The number of aromatic nitrogens is 2. The van der Waals surface area contributed by atoms with Crippen molar-refractivity contribution in [2.75, 3.05) is 7.11 Å². The van der Waals surface area contributed by atoms with Gasteiger partial charge in [0.1, 0.15) is 10.1 Å². The van der Waals surface area contributed by atoms with E-state index < -0.39 is 11.8 Å². The van der Waals surface area contributed by atoms with Crippen LogP contribution in [0.4, 0.5) is 0 Å². The molecule has 1 aromatic carbocycles. The molecule has 2 amide bonds. The molecule has 3 aromatic rings. The lowest BCUT2D eigenvalue weighted by atomic mass is 10.1. The van der Waals surface area contributed by atoms with Gasteiger partial charge in [-0.25, -0.2) is 15.8 Å². The molecule has 0 aliphatic heterocycles. The van der Waals surface area contributed by atoms with Crippen molar-refractivity contribution in [3.8, 4) is 5.75 Å². The van der Waals surface area contributed by atoms with Crippen molar-refractivity contribution in [3.05, 3.63) is 64.5 Å². The largest absolute Gasteiger partial charge is 0.492 e. The van der Waals surface area contributed by atoms with Gasteiger partial charge >= 0.3 is 0 Å². The molecular formula is C18H15BrN4O3. The SMILES string of the molecule is COc1c(C(=O)N(N)C(=O)Cc2ccccc2)nc(Br)c2cccnc12. The molecule has 0 aliphatic carbocycles. The van der Waals surface area contributed by atoms with Crippen molar-refractivity contribution in [2.24, 2.45) is 5.84 Å². The normalized spacial score (nSPS) is 10.6. The summed E-state index contributed by atoms with van der Waals surface area (Å²) in [6.45, 7) is 0. The van der Waals surface area contributed by atoms with Crippen LogP contribution in [0.2, 0.25) is 0 Å². The number of imide groups is 1. The van der Waals surface area contributed by atoms with Gasteiger partial charge in [0.25, 0.3) is 5.91 Å². The van der Waals surface area contributed by atoms with E-state index in [2.05, 4.69) is 25.9 Å². The molecule has 0 spiro atoms. The van der Waals surface area contributed by atoms with Crippen LogP contribution in [-0.2, 0) is 11.2 Å². The highest BCUT2D eigenvalue weighted by atomic mass is 79.9. The molecule has 0 fully saturated rings. The molecule has 2 heterocycles. The van der Waals surface area contributed by atoms with Gasteiger partial charge in [-0.2, -0.15) is 0 Å². The Morgan fingerprint density at radius 1 is 1.19 bits per heavy atom. The van der Waals surface area contributed by atoms with Crippen molar-refractivity contribution < 1.29 is 14.3 Å². The summed E-state index contributed by atoms with van der Waals surface area (Å²) in [7, 11) is 1.41. The number of hydrogen-bond acceptors (Lipinski definition) is 6. The van der Waals surface area contributed by atoms with Gasteiger partial charge in [0.2, 0.25) is 5.91 Å². The predicted octanol–water partition coefficient (Wildman–Crippen LogP) is 2.49. The summed E-state index contributed by atoms with van der Waals surface area (Å²) in [5.74, 6) is 4.60. The lowest BCUT2D eigenvalue weighted by Crippen LogP contribution is -2.44. The van der Waals surface area contributed by atoms with E-state index in [0.29, 0.717) is 20.5 Å². The molecule has 0 bridgehead atoms. The Kier molecular flexibility index (Phi) is 5.24. The number of carbonyl (C=O) groups excluding carboxylic acids is 2. The highest BCUT2D eigenvalue weighted by Gasteiger charge is 2.27. The van der Waals surface area contributed by atoms with Crippen LogP contribution in [0.15, 0.2) is 53.3 Å². The minimum atomic E-state index is -0.768. The average molecular weight is 415 g/mol. The van der Waals surface area contributed by atoms with Crippen LogP contribution in [0.1, 0.15) is 16.1 Å². The number of benzene rings is 1. The molecule has 0 aliphatic rings. The maximum atomic E-state index is 12.7. The fraction of sp³-hybridized carbons (Fsp3) is 0.111. The summed E-state index contributed by atoms with van der Waals surface area (Å²) >= 11 is 3.32. The van der Waals surface area contributed by atoms with E-state index in [0.717, 1.165) is 5.56 Å². The van der Waals surface area contributed by atoms with Crippen LogP contribution in [0.5, 0.6) is 5.75 Å². The molecule has 2 aromatic heterocycles. The number of halogens is 1. The van der Waals surface area contributed by atoms with Gasteiger partial charge in [-0.1, -0.05) is 30.3 Å². The number of carbonyl (C=O) groups is 2. The van der Waals surface area contributed by atoms with Gasteiger partial charge in [-0.15, -0.1) is 0 Å². The van der Waals surface area contributed by atoms with Gasteiger partial charge in [-0.05, 0) is 33.6 Å². The number of hydrazine groups is 1. The van der Waals surface area contributed by atoms with E-state index in [4.69, 9.17) is 10.6 Å². The fourth-order valence-electron chi connectivity index (χ4n) is 2.50. The maximum Gasteiger partial charge on any atom is 0.297 e. The van der Waals surface area contributed by atoms with Crippen LogP contribution in [-0.4, -0.2) is 33.9 Å². The third kappa shape index (κ3) is 3.42. The summed E-state index contributed by atoms with van der Waals surface area (Å²) in [5, 5.41) is 1.24. The zero-order valence-electron chi connectivity index (χ0n) is 13.8. The second-order valence-electron chi connectivity index (χ2n) is 5.42. The number of fused-ring (bicyclic) bond motifs is 1. The van der Waals surface area contributed by atoms with Crippen molar-refractivity contribution in [1.82, 2.24) is 15.0 Å². The fourth-order valence-corrected chi connectivity index (χ4v) is 2.99. The third-order valence-corrected chi connectivity index (χ3v) is 4.37. The van der Waals surface area contributed by atoms with Crippen molar-refractivity contribution in [2.45, 2.75) is 6.42 Å². The number of hydrogen-bond donors (Lipinski definition) is 1. The number of pyridine rings is 2. The highest BCUT2D eigenvalue weighted by molar-refractivity contribution is 9.10. The lowest BCUT2D eigenvalue weighted by Gasteiger charge is -2.17. The minimum Gasteiger partial charge on any atom is -0.492 e. The molecule has 132 valence electrons. The Morgan fingerprint density at radius 2 is 1.92 bits per heavy atom. The first-order chi connectivity index (χ1) is 12.5. The second kappa shape index (κ2) is 7.59. The molecule has 0 unspecified atom stereocenters. The molecule has 0 saturated heterocycles. The summed E-state index contributed by atoms with van der Waals surface area (Å²) in [5.41, 5.74) is 1.11. The minimum absolute atomic E-state index is 0.00159. The van der Waals surface area contributed by atoms with Crippen LogP contribution < -0.4 is 10.6 Å². The summed E-state index contributed by atoms with van der Waals surface area (Å²) < 4.78 is 5.73. The van der Waals surface area contributed by atoms with Gasteiger partial charge in [0, 0.05) is 11.6 Å². The first kappa shape index (κ1) is 18.0. The predicted molar refractivity (Wildman–Crippen MR) is 99.3 cm³/mol. The topological polar surface area (TPSA) is 98.4 Å². The zero-order valence-corrected chi connectivity index (χ0v) is 15.4. The number of amides is 2. The Balaban J connectivity index is 1.95. The molecule has 0 atom stereocenters. The van der Waals surface area contributed by atoms with Crippen molar-refractivity contribution >= 4 is 38.6 Å². The number of rotatable bonds is 4. The summed E-state index contributed by atoms with van der Waals surface area (Å²) in [6, 6.07) is 12.6. The molecule has 8 heteroatoms. The molecule has 0 saturated carbocycles. The van der Waals surface area contributed by atoms with Crippen molar-refractivity contribution in [1.29, 1.82) is 0 Å². The third-order valence-electron chi connectivity index (χ3n) is 3.76. The Hall–Kier alpha value is -2.84. The van der Waals surface area contributed by atoms with E-state index in [1.807, 2.05) is 18.2 Å². The van der Waals surface area contributed by atoms with E-state index in [-0.39, 0.29) is 17.9 Å². The number of ether oxygens (including phenoxy) is 1. The van der Waals surface area contributed by atoms with Crippen molar-refractivity contribution in [3.63, 3.8) is 0 Å². The molecular weight excluding hydrogens is 400 g/mol. The maximum absolute atomic E-state index is 12.7. The van der Waals surface area contributed by atoms with Gasteiger partial charge in [-0.3, -0.25) is 14.6 Å². The van der Waals surface area contributed by atoms with Gasteiger partial charge in [0.05, 0.1) is 13.5 Å². The number of nitrogens with two attached hydrogens (primary N) is 1. The Bertz CT molecular complexity index is 979. The smallest absolute Gasteiger partial charge is 0.297 e. The second-order valence-corrected chi connectivity index (χ2v) is 6.17. The Labute approximate surface area is 157 Å². The van der Waals surface area contributed by atoms with Crippen LogP contribution in [0, 0.1) is 0 Å². The van der Waals surface area contributed by atoms with Crippen LogP contribution in [0.25, 0.3) is 10.9 Å². The lowest BCUT2D eigenvalue weighted by molar-refractivity contribution is -0.128. The molecule has 0 radical (unpaired) electrons. The molecule has 2 N–H and O–H groups in total. The number of nitrogens with zero attached hydrogens (tertiary/aromatic N) is 3. The molecule has 26 heavy (non-hydrogen) atoms. The van der Waals surface area contributed by atoms with Gasteiger partial charge in [0.15, 0.2) is 11.4 Å². The molecule has 3 rings (SSSR count). The van der Waals surface area contributed by atoms with Gasteiger partial charge < -0.3 is 4.74 Å². The van der Waals surface area contributed by atoms with E-state index in [9.17, 15) is 9.59 Å². The quantitative estimate of drug-likeness (QED) is 0.304. The van der Waals surface area contributed by atoms with E-state index in [1.54, 1.807) is 30.5 Å². The monoisotopic (exact) mass is 414 g/mol. The summed E-state index contributed by atoms with van der Waals surface area (Å²) in [4.78, 5) is 33.5. The standard InChI is InChI=1S/C18H15BrN4O3/c1-26-16-14-12(8-5-9-21-14)17(19)22-15(16)18(25)23(20)13(24)10-11-6-3-2-4-7-11/h2-9H,10,20H2,1H3. The van der Waals surface area contributed by atoms with E-state index in [1.165, 1.54) is 7.11 Å². The highest BCUT2D eigenvalue weighted by Crippen LogP contribution is 2.31. The molecule has 7 nitrogen and oxygen atoms in total. The first-order valence-electron chi connectivity index (χ1n) is 7.67. The number of methoxy groups -OCH3 is 1. The Morgan fingerprint density at radius 3 is 2.62 bits per heavy atom.